The maximum atomic E-state index is 5.86. The highest BCUT2D eigenvalue weighted by Gasteiger charge is 2.32. The zero-order valence-electron chi connectivity index (χ0n) is 21.7. The number of hydrogen-bond donors (Lipinski definition) is 2. The van der Waals surface area contributed by atoms with E-state index in [4.69, 9.17) is 4.74 Å². The van der Waals surface area contributed by atoms with E-state index in [0.29, 0.717) is 0 Å². The monoisotopic (exact) mass is 498 g/mol. The minimum atomic E-state index is -0.223. The molecule has 6 rings (SSSR count). The Kier molecular flexibility index (Phi) is 6.40. The highest BCUT2D eigenvalue weighted by Crippen LogP contribution is 2.30. The van der Waals surface area contributed by atoms with Gasteiger partial charge in [-0.15, -0.1) is 0 Å². The Labute approximate surface area is 217 Å². The van der Waals surface area contributed by atoms with E-state index < -0.39 is 0 Å². The quantitative estimate of drug-likeness (QED) is 0.514. The Bertz CT molecular complexity index is 1380. The summed E-state index contributed by atoms with van der Waals surface area (Å²) in [5.41, 5.74) is 6.14. The number of rotatable bonds is 7. The van der Waals surface area contributed by atoms with E-state index in [1.54, 1.807) is 13.4 Å². The number of nitrogens with zero attached hydrogens (tertiary/aromatic N) is 6. The van der Waals surface area contributed by atoms with Crippen LogP contribution in [0.1, 0.15) is 12.8 Å². The molecule has 3 aromatic rings. The Morgan fingerprint density at radius 3 is 2.65 bits per heavy atom. The number of hydrogen-bond acceptors (Lipinski definition) is 8. The molecule has 2 aliphatic carbocycles. The van der Waals surface area contributed by atoms with Crippen molar-refractivity contribution in [3.8, 4) is 11.3 Å². The summed E-state index contributed by atoms with van der Waals surface area (Å²) in [6.45, 7) is 4.31. The molecule has 2 fully saturated rings. The number of aromatic nitrogens is 4. The lowest BCUT2D eigenvalue weighted by molar-refractivity contribution is 0.153. The van der Waals surface area contributed by atoms with Crippen LogP contribution >= 0.6 is 0 Å². The molecule has 3 heterocycles. The Morgan fingerprint density at radius 1 is 1.05 bits per heavy atom. The van der Waals surface area contributed by atoms with Crippen LogP contribution in [0.15, 0.2) is 72.1 Å². The maximum absolute atomic E-state index is 5.86. The highest BCUT2D eigenvalue weighted by atomic mass is 16.5. The van der Waals surface area contributed by atoms with Crippen molar-refractivity contribution in [1.82, 2.24) is 34.9 Å². The molecule has 0 spiro atoms. The van der Waals surface area contributed by atoms with Gasteiger partial charge in [-0.3, -0.25) is 9.58 Å². The van der Waals surface area contributed by atoms with E-state index in [0.717, 1.165) is 71.6 Å². The second-order valence-corrected chi connectivity index (χ2v) is 9.87. The summed E-state index contributed by atoms with van der Waals surface area (Å²) in [5.74, 6) is 0.718. The molecule has 0 bridgehead atoms. The maximum Gasteiger partial charge on any atom is 0.134 e. The first-order valence-electron chi connectivity index (χ1n) is 13.0. The molecule has 2 aromatic heterocycles. The molecule has 9 heteroatoms. The third-order valence-electron chi connectivity index (χ3n) is 7.53. The van der Waals surface area contributed by atoms with Gasteiger partial charge < -0.3 is 20.3 Å². The van der Waals surface area contributed by atoms with Gasteiger partial charge in [-0.2, -0.15) is 5.10 Å². The minimum Gasteiger partial charge on any atom is -0.386 e. The molecule has 37 heavy (non-hydrogen) atoms. The number of ether oxygens (including phenoxy) is 1. The largest absolute Gasteiger partial charge is 0.386 e. The van der Waals surface area contributed by atoms with Crippen LogP contribution in [0.5, 0.6) is 0 Å². The lowest BCUT2D eigenvalue weighted by atomic mass is 10.1. The molecule has 192 valence electrons. The van der Waals surface area contributed by atoms with E-state index in [1.807, 2.05) is 31.0 Å². The lowest BCUT2D eigenvalue weighted by Crippen LogP contribution is -2.46. The second kappa shape index (κ2) is 9.99. The fraction of sp³-hybridized carbons (Fsp3) is 0.393. The minimum absolute atomic E-state index is 0.223. The molecule has 0 amide bonds. The van der Waals surface area contributed by atoms with E-state index >= 15 is 0 Å². The Hall–Kier alpha value is -3.69. The van der Waals surface area contributed by atoms with Crippen molar-refractivity contribution in [2.24, 2.45) is 7.05 Å². The number of piperazine rings is 1. The molecule has 1 unspecified atom stereocenters. The van der Waals surface area contributed by atoms with Crippen molar-refractivity contribution in [1.29, 1.82) is 0 Å². The van der Waals surface area contributed by atoms with Crippen molar-refractivity contribution in [2.45, 2.75) is 25.0 Å². The number of likely N-dealkylation sites (N-methyl/N-ethyl adjacent to an activating group) is 1. The number of allylic oxidation sites excluding steroid dienone is 2. The number of fused-ring (bicyclic) bond motifs is 1. The highest BCUT2D eigenvalue weighted by molar-refractivity contribution is 5.84. The van der Waals surface area contributed by atoms with Gasteiger partial charge in [0.15, 0.2) is 0 Å². The summed E-state index contributed by atoms with van der Waals surface area (Å²) < 4.78 is 7.73. The van der Waals surface area contributed by atoms with Crippen molar-refractivity contribution >= 4 is 16.7 Å². The first-order valence-corrected chi connectivity index (χ1v) is 13.0. The fourth-order valence-corrected chi connectivity index (χ4v) is 5.29. The summed E-state index contributed by atoms with van der Waals surface area (Å²) in [4.78, 5) is 14.1. The van der Waals surface area contributed by atoms with Crippen LogP contribution < -0.4 is 10.6 Å². The predicted molar refractivity (Wildman–Crippen MR) is 146 cm³/mol. The van der Waals surface area contributed by atoms with Crippen LogP contribution in [0.3, 0.4) is 0 Å². The van der Waals surface area contributed by atoms with Gasteiger partial charge in [0.2, 0.25) is 0 Å². The number of aryl methyl sites for hydroxylation is 1. The molecule has 1 aliphatic heterocycles. The molecule has 1 aromatic carbocycles. The number of benzene rings is 1. The van der Waals surface area contributed by atoms with E-state index in [9.17, 15) is 0 Å². The number of methoxy groups -OCH3 is 1. The van der Waals surface area contributed by atoms with Crippen molar-refractivity contribution in [3.05, 3.63) is 72.1 Å². The van der Waals surface area contributed by atoms with Gasteiger partial charge in [0.05, 0.1) is 34.5 Å². The van der Waals surface area contributed by atoms with Crippen LogP contribution in [0.25, 0.3) is 22.2 Å². The van der Waals surface area contributed by atoms with E-state index in [2.05, 4.69) is 71.9 Å². The lowest BCUT2D eigenvalue weighted by Gasteiger charge is -2.37. The van der Waals surface area contributed by atoms with Crippen LogP contribution in [-0.2, 0) is 11.8 Å². The average Bonchev–Trinajstić information content (AvgIpc) is 3.74. The predicted octanol–water partition coefficient (Wildman–Crippen LogP) is 3.12. The number of anilines is 1. The van der Waals surface area contributed by atoms with Crippen LogP contribution in [-0.4, -0.2) is 82.0 Å². The van der Waals surface area contributed by atoms with E-state index in [-0.39, 0.29) is 6.10 Å². The molecular formula is C28H34N8O. The average molecular weight is 499 g/mol. The van der Waals surface area contributed by atoms with Crippen molar-refractivity contribution in [3.63, 3.8) is 0 Å². The SMILES string of the molecule is CNC1=C(N2CCN(C3CC3)CC2)C=CC(OC)C(Nc2cc(-c3ccc4c(cnn4C)c3)ncn2)=C1. The first kappa shape index (κ1) is 23.7. The van der Waals surface area contributed by atoms with Crippen LogP contribution in [0, 0.1) is 0 Å². The Balaban J connectivity index is 1.26. The zero-order chi connectivity index (χ0) is 25.4. The van der Waals surface area contributed by atoms with Gasteiger partial charge in [-0.1, -0.05) is 6.07 Å². The summed E-state index contributed by atoms with van der Waals surface area (Å²) in [7, 11) is 5.66. The van der Waals surface area contributed by atoms with Gasteiger partial charge >= 0.3 is 0 Å². The second-order valence-electron chi connectivity index (χ2n) is 9.87. The topological polar surface area (TPSA) is 83.4 Å². The van der Waals surface area contributed by atoms with Gasteiger partial charge in [0.25, 0.3) is 0 Å². The molecule has 3 aliphatic rings. The molecule has 1 saturated carbocycles. The smallest absolute Gasteiger partial charge is 0.134 e. The van der Waals surface area contributed by atoms with E-state index in [1.165, 1.54) is 18.5 Å². The van der Waals surface area contributed by atoms with Gasteiger partial charge in [0.1, 0.15) is 18.2 Å². The molecule has 2 N–H and O–H groups in total. The first-order chi connectivity index (χ1) is 18.1. The number of nitrogens with one attached hydrogen (secondary N) is 2. The standard InChI is InChI=1S/C28H34N8O/c1-29-23-15-24(27(37-3)9-8-26(23)36-12-10-35(11-13-36)21-5-6-21)33-28-16-22(30-18-31-28)19-4-7-25-20(14-19)17-32-34(25)2/h4,7-9,14-18,21,27,29H,5-6,10-13H2,1-3H3,(H,30,31,33). The van der Waals surface area contributed by atoms with Gasteiger partial charge in [-0.05, 0) is 43.2 Å². The van der Waals surface area contributed by atoms with Crippen molar-refractivity contribution < 1.29 is 4.74 Å². The molecule has 1 atom stereocenters. The fourth-order valence-electron chi connectivity index (χ4n) is 5.29. The normalized spacial score (nSPS) is 20.8. The van der Waals surface area contributed by atoms with Gasteiger partial charge in [-0.25, -0.2) is 9.97 Å². The summed E-state index contributed by atoms with van der Waals surface area (Å²) in [6, 6.07) is 9.04. The molecular weight excluding hydrogens is 464 g/mol. The third-order valence-corrected chi connectivity index (χ3v) is 7.53. The van der Waals surface area contributed by atoms with Crippen molar-refractivity contribution in [2.75, 3.05) is 45.7 Å². The molecule has 9 nitrogen and oxygen atoms in total. The third kappa shape index (κ3) is 4.84. The van der Waals surface area contributed by atoms with Gasteiger partial charge in [0, 0.05) is 70.4 Å². The summed E-state index contributed by atoms with van der Waals surface area (Å²) in [5, 5.41) is 12.4. The van der Waals surface area contributed by atoms with Crippen LogP contribution in [0.4, 0.5) is 5.82 Å². The molecule has 1 saturated heterocycles. The summed E-state index contributed by atoms with van der Waals surface area (Å²) >= 11 is 0. The summed E-state index contributed by atoms with van der Waals surface area (Å²) in [6.07, 6.45) is 12.4. The zero-order valence-corrected chi connectivity index (χ0v) is 21.7. The Morgan fingerprint density at radius 2 is 1.89 bits per heavy atom. The van der Waals surface area contributed by atoms with Crippen LogP contribution in [0.2, 0.25) is 0 Å². The molecule has 0 radical (unpaired) electrons.